The zero-order valence-corrected chi connectivity index (χ0v) is 11.4. The summed E-state index contributed by atoms with van der Waals surface area (Å²) < 4.78 is 0.976. The predicted octanol–water partition coefficient (Wildman–Crippen LogP) is 2.99. The Kier molecular flexibility index (Phi) is 3.62. The highest BCUT2D eigenvalue weighted by Crippen LogP contribution is 2.20. The van der Waals surface area contributed by atoms with Crippen molar-refractivity contribution in [2.45, 2.75) is 6.92 Å². The van der Waals surface area contributed by atoms with Crippen LogP contribution in [0.5, 0.6) is 0 Å². The molecule has 92 valence electrons. The van der Waals surface area contributed by atoms with Crippen LogP contribution in [-0.4, -0.2) is 10.9 Å². The highest BCUT2D eigenvalue weighted by atomic mass is 79.9. The van der Waals surface area contributed by atoms with Gasteiger partial charge >= 0.3 is 0 Å². The Balaban J connectivity index is 2.21. The van der Waals surface area contributed by atoms with E-state index in [2.05, 4.69) is 26.2 Å². The topological polar surface area (TPSA) is 68.0 Å². The zero-order chi connectivity index (χ0) is 13.1. The number of hydrogen-bond acceptors (Lipinski definition) is 3. The quantitative estimate of drug-likeness (QED) is 0.896. The number of pyridine rings is 1. The van der Waals surface area contributed by atoms with E-state index in [1.54, 1.807) is 6.07 Å². The van der Waals surface area contributed by atoms with Gasteiger partial charge in [0.05, 0.1) is 11.3 Å². The normalized spacial score (nSPS) is 10.1. The van der Waals surface area contributed by atoms with Gasteiger partial charge in [-0.1, -0.05) is 15.9 Å². The lowest BCUT2D eigenvalue weighted by Gasteiger charge is -2.08. The van der Waals surface area contributed by atoms with Crippen molar-refractivity contribution < 1.29 is 4.79 Å². The molecule has 1 aromatic heterocycles. The molecular formula is C13H12BrN3O. The second kappa shape index (κ2) is 5.18. The van der Waals surface area contributed by atoms with E-state index in [-0.39, 0.29) is 5.91 Å². The van der Waals surface area contributed by atoms with Crippen molar-refractivity contribution in [3.63, 3.8) is 0 Å². The Bertz CT molecular complexity index is 599. The van der Waals surface area contributed by atoms with Crippen molar-refractivity contribution >= 4 is 33.2 Å². The summed E-state index contributed by atoms with van der Waals surface area (Å²) in [5.74, 6) is -0.222. The number of nitrogens with zero attached hydrogens (tertiary/aromatic N) is 1. The number of carbonyl (C=O) groups is 1. The van der Waals surface area contributed by atoms with Gasteiger partial charge in [-0.2, -0.15) is 0 Å². The predicted molar refractivity (Wildman–Crippen MR) is 75.5 cm³/mol. The van der Waals surface area contributed by atoms with E-state index < -0.39 is 0 Å². The molecule has 18 heavy (non-hydrogen) atoms. The number of hydrogen-bond donors (Lipinski definition) is 2. The second-order valence-electron chi connectivity index (χ2n) is 3.92. The van der Waals surface area contributed by atoms with Gasteiger partial charge in [0, 0.05) is 22.6 Å². The monoisotopic (exact) mass is 305 g/mol. The maximum atomic E-state index is 12.0. The number of nitrogens with two attached hydrogens (primary N) is 1. The van der Waals surface area contributed by atoms with Gasteiger partial charge in [-0.15, -0.1) is 0 Å². The summed E-state index contributed by atoms with van der Waals surface area (Å²) in [7, 11) is 0. The molecular weight excluding hydrogens is 294 g/mol. The van der Waals surface area contributed by atoms with E-state index in [9.17, 15) is 4.79 Å². The Labute approximate surface area is 113 Å². The number of anilines is 2. The van der Waals surface area contributed by atoms with Gasteiger partial charge in [-0.25, -0.2) is 0 Å². The number of carbonyl (C=O) groups excluding carboxylic acids is 1. The second-order valence-corrected chi connectivity index (χ2v) is 4.84. The van der Waals surface area contributed by atoms with E-state index in [1.807, 2.05) is 25.1 Å². The molecule has 0 saturated heterocycles. The van der Waals surface area contributed by atoms with Crippen LogP contribution < -0.4 is 11.1 Å². The highest BCUT2D eigenvalue weighted by molar-refractivity contribution is 9.10. The minimum absolute atomic E-state index is 0.222. The summed E-state index contributed by atoms with van der Waals surface area (Å²) in [6.45, 7) is 1.93. The molecule has 4 nitrogen and oxygen atoms in total. The Hall–Kier alpha value is -1.88. The van der Waals surface area contributed by atoms with Crippen LogP contribution in [0.3, 0.4) is 0 Å². The van der Waals surface area contributed by atoms with Gasteiger partial charge < -0.3 is 11.1 Å². The standard InChI is InChI=1S/C13H12BrN3O/c1-8-4-10(14)2-3-12(8)17-13(18)9-5-11(15)7-16-6-9/h2-7H,15H2,1H3,(H,17,18). The zero-order valence-electron chi connectivity index (χ0n) is 9.77. The molecule has 2 rings (SSSR count). The summed E-state index contributed by atoms with van der Waals surface area (Å²) in [6.07, 6.45) is 2.99. The SMILES string of the molecule is Cc1cc(Br)ccc1NC(=O)c1cncc(N)c1. The van der Waals surface area contributed by atoms with Gasteiger partial charge in [-0.3, -0.25) is 9.78 Å². The number of aryl methyl sites for hydroxylation is 1. The molecule has 3 N–H and O–H groups in total. The summed E-state index contributed by atoms with van der Waals surface area (Å²) in [5, 5.41) is 2.83. The number of aromatic nitrogens is 1. The molecule has 0 bridgehead atoms. The number of rotatable bonds is 2. The van der Waals surface area contributed by atoms with Crippen LogP contribution in [0.2, 0.25) is 0 Å². The Morgan fingerprint density at radius 1 is 1.33 bits per heavy atom. The number of nitrogens with one attached hydrogen (secondary N) is 1. The van der Waals surface area contributed by atoms with Crippen LogP contribution in [-0.2, 0) is 0 Å². The van der Waals surface area contributed by atoms with Crippen molar-refractivity contribution in [3.8, 4) is 0 Å². The molecule has 0 saturated carbocycles. The van der Waals surface area contributed by atoms with Crippen LogP contribution in [0.25, 0.3) is 0 Å². The molecule has 0 aliphatic rings. The molecule has 0 radical (unpaired) electrons. The van der Waals surface area contributed by atoms with Crippen molar-refractivity contribution in [2.24, 2.45) is 0 Å². The van der Waals surface area contributed by atoms with Gasteiger partial charge in [0.1, 0.15) is 0 Å². The summed E-state index contributed by atoms with van der Waals surface area (Å²) in [6, 6.07) is 7.25. The molecule has 0 unspecified atom stereocenters. The summed E-state index contributed by atoms with van der Waals surface area (Å²) in [4.78, 5) is 15.9. The first-order valence-corrected chi connectivity index (χ1v) is 6.13. The average Bonchev–Trinajstić information content (AvgIpc) is 2.32. The molecule has 0 atom stereocenters. The summed E-state index contributed by atoms with van der Waals surface area (Å²) in [5.41, 5.74) is 8.25. The third kappa shape index (κ3) is 2.87. The van der Waals surface area contributed by atoms with E-state index >= 15 is 0 Å². The lowest BCUT2D eigenvalue weighted by Crippen LogP contribution is -2.13. The van der Waals surface area contributed by atoms with Gasteiger partial charge in [-0.05, 0) is 36.8 Å². The molecule has 0 aliphatic heterocycles. The number of amides is 1. The number of benzene rings is 1. The third-order valence-electron chi connectivity index (χ3n) is 2.46. The van der Waals surface area contributed by atoms with E-state index in [4.69, 9.17) is 5.73 Å². The molecule has 1 aromatic carbocycles. The van der Waals surface area contributed by atoms with Crippen LogP contribution in [0, 0.1) is 6.92 Å². The molecule has 1 heterocycles. The van der Waals surface area contributed by atoms with Gasteiger partial charge in [0.15, 0.2) is 0 Å². The van der Waals surface area contributed by atoms with E-state index in [0.29, 0.717) is 11.3 Å². The molecule has 0 fully saturated rings. The fraction of sp³-hybridized carbons (Fsp3) is 0.0769. The lowest BCUT2D eigenvalue weighted by molar-refractivity contribution is 0.102. The fourth-order valence-corrected chi connectivity index (χ4v) is 2.02. The van der Waals surface area contributed by atoms with Crippen LogP contribution in [0.4, 0.5) is 11.4 Å². The van der Waals surface area contributed by atoms with Crippen molar-refractivity contribution in [1.82, 2.24) is 4.98 Å². The minimum atomic E-state index is -0.222. The van der Waals surface area contributed by atoms with Crippen molar-refractivity contribution in [3.05, 3.63) is 52.3 Å². The van der Waals surface area contributed by atoms with E-state index in [0.717, 1.165) is 15.7 Å². The minimum Gasteiger partial charge on any atom is -0.397 e. The Morgan fingerprint density at radius 2 is 2.11 bits per heavy atom. The van der Waals surface area contributed by atoms with Gasteiger partial charge in [0.2, 0.25) is 0 Å². The number of nitrogen functional groups attached to an aromatic ring is 1. The first kappa shape index (κ1) is 12.6. The molecule has 0 aliphatic carbocycles. The fourth-order valence-electron chi connectivity index (χ4n) is 1.54. The smallest absolute Gasteiger partial charge is 0.257 e. The average molecular weight is 306 g/mol. The first-order valence-electron chi connectivity index (χ1n) is 5.34. The molecule has 0 spiro atoms. The maximum absolute atomic E-state index is 12.0. The largest absolute Gasteiger partial charge is 0.397 e. The van der Waals surface area contributed by atoms with Gasteiger partial charge in [0.25, 0.3) is 5.91 Å². The molecule has 5 heteroatoms. The molecule has 2 aromatic rings. The van der Waals surface area contributed by atoms with E-state index in [1.165, 1.54) is 12.4 Å². The lowest BCUT2D eigenvalue weighted by atomic mass is 10.2. The molecule has 1 amide bonds. The first-order chi connectivity index (χ1) is 8.56. The highest BCUT2D eigenvalue weighted by Gasteiger charge is 2.08. The van der Waals surface area contributed by atoms with Crippen molar-refractivity contribution in [1.29, 1.82) is 0 Å². The van der Waals surface area contributed by atoms with Crippen LogP contribution in [0.15, 0.2) is 41.1 Å². The maximum Gasteiger partial charge on any atom is 0.257 e. The van der Waals surface area contributed by atoms with Crippen molar-refractivity contribution in [2.75, 3.05) is 11.1 Å². The summed E-state index contributed by atoms with van der Waals surface area (Å²) >= 11 is 3.38. The number of halogens is 1. The Morgan fingerprint density at radius 3 is 2.78 bits per heavy atom. The van der Waals surface area contributed by atoms with Crippen LogP contribution in [0.1, 0.15) is 15.9 Å². The van der Waals surface area contributed by atoms with Crippen LogP contribution >= 0.6 is 15.9 Å². The third-order valence-corrected chi connectivity index (χ3v) is 2.95.